The molecule has 1 saturated heterocycles. The Morgan fingerprint density at radius 1 is 1.25 bits per heavy atom. The monoisotopic (exact) mass is 274 g/mol. The lowest BCUT2D eigenvalue weighted by Gasteiger charge is -2.44. The molecule has 4 nitrogen and oxygen atoms in total. The third-order valence-electron chi connectivity index (χ3n) is 3.97. The van der Waals surface area contributed by atoms with E-state index in [1.54, 1.807) is 0 Å². The van der Waals surface area contributed by atoms with Crippen molar-refractivity contribution in [2.75, 3.05) is 20.2 Å². The van der Waals surface area contributed by atoms with Crippen LogP contribution in [0.1, 0.15) is 19.4 Å². The molecule has 0 spiro atoms. The summed E-state index contributed by atoms with van der Waals surface area (Å²) in [5, 5.41) is 0. The van der Waals surface area contributed by atoms with Gasteiger partial charge in [-0.3, -0.25) is 9.69 Å². The Hall–Kier alpha value is -1.33. The molecular weight excluding hydrogens is 251 g/mol. The summed E-state index contributed by atoms with van der Waals surface area (Å²) < 4.78 is 4.78. The molecule has 1 aromatic rings. The van der Waals surface area contributed by atoms with Crippen LogP contribution in [0.5, 0.6) is 0 Å². The molecule has 1 heterocycles. The van der Waals surface area contributed by atoms with Crippen molar-refractivity contribution in [2.24, 2.45) is 0 Å². The van der Waals surface area contributed by atoms with Crippen LogP contribution < -0.4 is 0 Å². The van der Waals surface area contributed by atoms with Crippen LogP contribution in [0, 0.1) is 0 Å². The van der Waals surface area contributed by atoms with E-state index in [1.165, 1.54) is 12.7 Å². The summed E-state index contributed by atoms with van der Waals surface area (Å²) in [5.41, 5.74) is 1.34. The van der Waals surface area contributed by atoms with Gasteiger partial charge in [0, 0.05) is 31.7 Å². The Labute approximate surface area is 122 Å². The summed E-state index contributed by atoms with van der Waals surface area (Å²) in [7, 11) is 1.83. The lowest BCUT2D eigenvalue weighted by molar-refractivity contribution is 0.0939. The second-order valence-electron chi connectivity index (χ2n) is 5.63. The molecule has 20 heavy (non-hydrogen) atoms. The van der Waals surface area contributed by atoms with E-state index in [1.807, 2.05) is 6.07 Å². The molecule has 0 aliphatic carbocycles. The van der Waals surface area contributed by atoms with E-state index < -0.39 is 0 Å². The molecule has 1 aliphatic rings. The Bertz CT molecular complexity index is 429. The summed E-state index contributed by atoms with van der Waals surface area (Å²) in [6, 6.07) is 11.3. The molecule has 0 saturated carbocycles. The van der Waals surface area contributed by atoms with Gasteiger partial charge in [-0.05, 0) is 19.4 Å². The molecule has 1 fully saturated rings. The van der Waals surface area contributed by atoms with Gasteiger partial charge in [0.1, 0.15) is 0 Å². The van der Waals surface area contributed by atoms with E-state index in [9.17, 15) is 4.79 Å². The minimum Gasteiger partial charge on any atom is -0.476 e. The maximum atomic E-state index is 11.5. The highest BCUT2D eigenvalue weighted by atomic mass is 16.5. The SMILES string of the molecule is COC(=O)BN1[C@H](C)CN(Cc2ccccc2)C[C@@H]1C. The quantitative estimate of drug-likeness (QED) is 0.782. The average molecular weight is 274 g/mol. The fraction of sp³-hybridized carbons (Fsp3) is 0.533. The van der Waals surface area contributed by atoms with Crippen molar-refractivity contribution in [3.63, 3.8) is 0 Å². The molecule has 1 aliphatic heterocycles. The Morgan fingerprint density at radius 2 is 1.85 bits per heavy atom. The topological polar surface area (TPSA) is 32.8 Å². The summed E-state index contributed by atoms with van der Waals surface area (Å²) in [5.74, 6) is -0.153. The predicted octanol–water partition coefficient (Wildman–Crippen LogP) is 1.70. The van der Waals surface area contributed by atoms with Crippen molar-refractivity contribution in [3.8, 4) is 0 Å². The standard InChI is InChI=1S/C15H23BN2O2/c1-12-9-17(11-14-7-5-4-6-8-14)10-13(2)18(12)16-15(19)20-3/h4-8,12-13,16H,9-11H2,1-3H3/t12-,13+. The predicted molar refractivity (Wildman–Crippen MR) is 82.0 cm³/mol. The van der Waals surface area contributed by atoms with Crippen LogP contribution in [0.2, 0.25) is 0 Å². The second-order valence-corrected chi connectivity index (χ2v) is 5.63. The molecule has 0 bridgehead atoms. The van der Waals surface area contributed by atoms with Crippen molar-refractivity contribution in [1.29, 1.82) is 0 Å². The highest BCUT2D eigenvalue weighted by Gasteiger charge is 2.31. The Morgan fingerprint density at radius 3 is 2.40 bits per heavy atom. The number of piperazine rings is 1. The van der Waals surface area contributed by atoms with Crippen molar-refractivity contribution in [3.05, 3.63) is 35.9 Å². The molecule has 0 unspecified atom stereocenters. The van der Waals surface area contributed by atoms with Crippen LogP contribution in [0.4, 0.5) is 4.79 Å². The number of hydrogen-bond acceptors (Lipinski definition) is 4. The van der Waals surface area contributed by atoms with Gasteiger partial charge in [-0.1, -0.05) is 30.3 Å². The minimum absolute atomic E-state index is 0.153. The maximum Gasteiger partial charge on any atom is 0.341 e. The van der Waals surface area contributed by atoms with Gasteiger partial charge < -0.3 is 9.55 Å². The first-order valence-corrected chi connectivity index (χ1v) is 7.19. The highest BCUT2D eigenvalue weighted by molar-refractivity contribution is 6.69. The Balaban J connectivity index is 1.93. The van der Waals surface area contributed by atoms with Gasteiger partial charge in [0.05, 0.1) is 7.11 Å². The van der Waals surface area contributed by atoms with Gasteiger partial charge in [0.2, 0.25) is 0 Å². The fourth-order valence-corrected chi connectivity index (χ4v) is 2.96. The van der Waals surface area contributed by atoms with E-state index in [-0.39, 0.29) is 5.87 Å². The molecule has 0 N–H and O–H groups in total. The van der Waals surface area contributed by atoms with Crippen molar-refractivity contribution < 1.29 is 9.53 Å². The smallest absolute Gasteiger partial charge is 0.341 e. The molecule has 0 amide bonds. The van der Waals surface area contributed by atoms with Crippen LogP contribution in [0.25, 0.3) is 0 Å². The van der Waals surface area contributed by atoms with Crippen LogP contribution in [0.15, 0.2) is 30.3 Å². The second kappa shape index (κ2) is 6.91. The third kappa shape index (κ3) is 3.84. The number of nitrogens with zero attached hydrogens (tertiary/aromatic N) is 2. The fourth-order valence-electron chi connectivity index (χ4n) is 2.96. The van der Waals surface area contributed by atoms with Gasteiger partial charge in [0.25, 0.3) is 5.87 Å². The van der Waals surface area contributed by atoms with E-state index in [4.69, 9.17) is 4.74 Å². The van der Waals surface area contributed by atoms with Crippen LogP contribution in [-0.2, 0) is 11.3 Å². The molecule has 0 radical (unpaired) electrons. The highest BCUT2D eigenvalue weighted by Crippen LogP contribution is 2.17. The van der Waals surface area contributed by atoms with Crippen LogP contribution >= 0.6 is 0 Å². The van der Waals surface area contributed by atoms with Crippen LogP contribution in [-0.4, -0.2) is 55.3 Å². The number of hydrogen-bond donors (Lipinski definition) is 0. The molecule has 2 atom stereocenters. The van der Waals surface area contributed by atoms with Crippen molar-refractivity contribution >= 4 is 13.3 Å². The van der Waals surface area contributed by atoms with Gasteiger partial charge in [0.15, 0.2) is 0 Å². The number of methoxy groups -OCH3 is 1. The molecule has 1 aromatic carbocycles. The van der Waals surface area contributed by atoms with E-state index in [2.05, 4.69) is 47.8 Å². The van der Waals surface area contributed by atoms with Crippen LogP contribution in [0.3, 0.4) is 0 Å². The van der Waals surface area contributed by atoms with Gasteiger partial charge >= 0.3 is 7.41 Å². The largest absolute Gasteiger partial charge is 0.476 e. The summed E-state index contributed by atoms with van der Waals surface area (Å²) in [4.78, 5) is 16.2. The lowest BCUT2D eigenvalue weighted by atomic mass is 9.85. The zero-order valence-corrected chi connectivity index (χ0v) is 12.6. The van der Waals surface area contributed by atoms with E-state index >= 15 is 0 Å². The first kappa shape index (κ1) is 15.1. The summed E-state index contributed by atoms with van der Waals surface area (Å²) in [6.07, 6.45) is 0. The zero-order chi connectivity index (χ0) is 14.5. The molecule has 2 rings (SSSR count). The summed E-state index contributed by atoms with van der Waals surface area (Å²) in [6.45, 7) is 7.29. The number of ether oxygens (including phenoxy) is 1. The molecule has 5 heteroatoms. The van der Waals surface area contributed by atoms with E-state index in [0.717, 1.165) is 19.6 Å². The zero-order valence-electron chi connectivity index (χ0n) is 12.6. The first-order chi connectivity index (χ1) is 9.60. The molecule has 108 valence electrons. The van der Waals surface area contributed by atoms with Crippen molar-refractivity contribution in [1.82, 2.24) is 9.71 Å². The van der Waals surface area contributed by atoms with Crippen molar-refractivity contribution in [2.45, 2.75) is 32.5 Å². The van der Waals surface area contributed by atoms with E-state index in [0.29, 0.717) is 19.5 Å². The minimum atomic E-state index is -0.153. The number of benzene rings is 1. The molecule has 0 aromatic heterocycles. The van der Waals surface area contributed by atoms with Gasteiger partial charge in [-0.2, -0.15) is 0 Å². The number of carbonyl (C=O) groups excluding carboxylic acids is 1. The Kier molecular flexibility index (Phi) is 5.20. The third-order valence-corrected chi connectivity index (χ3v) is 3.97. The molecular formula is C15H23BN2O2. The lowest BCUT2D eigenvalue weighted by Crippen LogP contribution is -2.58. The average Bonchev–Trinajstić information content (AvgIpc) is 2.43. The van der Waals surface area contributed by atoms with Gasteiger partial charge in [-0.25, -0.2) is 0 Å². The first-order valence-electron chi connectivity index (χ1n) is 7.19. The van der Waals surface area contributed by atoms with Gasteiger partial charge in [-0.15, -0.1) is 0 Å². The normalized spacial score (nSPS) is 24.4. The summed E-state index contributed by atoms with van der Waals surface area (Å²) >= 11 is 0. The number of carbonyl (C=O) groups is 1. The number of rotatable bonds is 4. The maximum absolute atomic E-state index is 11.5.